The van der Waals surface area contributed by atoms with Crippen molar-refractivity contribution in [2.45, 2.75) is 66.0 Å². The van der Waals surface area contributed by atoms with E-state index in [1.54, 1.807) is 6.07 Å². The molecule has 0 atom stereocenters. The molecule has 0 spiro atoms. The van der Waals surface area contributed by atoms with E-state index in [2.05, 4.69) is 26.3 Å². The van der Waals surface area contributed by atoms with Gasteiger partial charge in [-0.1, -0.05) is 0 Å². The van der Waals surface area contributed by atoms with Crippen LogP contribution in [0.3, 0.4) is 0 Å². The molecule has 40 heavy (non-hydrogen) atoms. The maximum absolute atomic E-state index is 14.6. The summed E-state index contributed by atoms with van der Waals surface area (Å²) in [6.07, 6.45) is 1.38. The van der Waals surface area contributed by atoms with E-state index in [-0.39, 0.29) is 18.0 Å². The molecule has 2 aromatic carbocycles. The number of fused-ring (bicyclic) bond motifs is 2. The predicted octanol–water partition coefficient (Wildman–Crippen LogP) is 7.01. The quantitative estimate of drug-likeness (QED) is 0.272. The largest absolute Gasteiger partial charge is 0.444 e. The van der Waals surface area contributed by atoms with Crippen LogP contribution in [0.5, 0.6) is 0 Å². The lowest BCUT2D eigenvalue weighted by Gasteiger charge is -2.39. The Morgan fingerprint density at radius 2 is 1.93 bits per heavy atom. The van der Waals surface area contributed by atoms with Gasteiger partial charge < -0.3 is 24.8 Å². The molecule has 8 nitrogen and oxygen atoms in total. The number of thiazole rings is 1. The Bertz CT molecular complexity index is 1580. The first-order valence-corrected chi connectivity index (χ1v) is 14.5. The van der Waals surface area contributed by atoms with Crippen molar-refractivity contribution in [1.82, 2.24) is 14.9 Å². The lowest BCUT2D eigenvalue weighted by Crippen LogP contribution is -2.48. The number of aromatic nitrogens is 2. The normalized spacial score (nSPS) is 14.6. The van der Waals surface area contributed by atoms with E-state index in [1.807, 2.05) is 58.6 Å². The van der Waals surface area contributed by atoms with Gasteiger partial charge in [0.05, 0.1) is 20.8 Å². The number of carbonyl (C=O) groups is 2. The van der Waals surface area contributed by atoms with Gasteiger partial charge in [-0.3, -0.25) is 4.79 Å². The lowest BCUT2D eigenvalue weighted by atomic mass is 10.0. The molecule has 212 valence electrons. The van der Waals surface area contributed by atoms with Crippen LogP contribution in [0.2, 0.25) is 0 Å². The standard InChI is InChI=1S/C30H36FN5O3S/c1-7-36(29(38)39-30(4,5)6)20-10-12-35(13-11-20)24-9-8-21(26-22(24)14-17(2)32-26)28(37)34-19-15-23(31)27-25(16-19)40-18(3)33-27/h8-9,14-16,20,32H,7,10-13H2,1-6H3,(H,34,37). The minimum atomic E-state index is -0.530. The van der Waals surface area contributed by atoms with Crippen molar-refractivity contribution in [2.24, 2.45) is 0 Å². The Balaban J connectivity index is 1.34. The van der Waals surface area contributed by atoms with Crippen molar-refractivity contribution in [1.29, 1.82) is 0 Å². The topological polar surface area (TPSA) is 90.6 Å². The zero-order chi connectivity index (χ0) is 28.8. The summed E-state index contributed by atoms with van der Waals surface area (Å²) in [7, 11) is 0. The molecule has 2 N–H and O–H groups in total. The Morgan fingerprint density at radius 1 is 1.20 bits per heavy atom. The molecule has 1 saturated heterocycles. The number of aromatic amines is 1. The Labute approximate surface area is 237 Å². The molecule has 4 aromatic rings. The van der Waals surface area contributed by atoms with E-state index < -0.39 is 11.4 Å². The van der Waals surface area contributed by atoms with E-state index in [0.717, 1.165) is 53.2 Å². The third-order valence-corrected chi connectivity index (χ3v) is 8.10. The molecule has 1 aliphatic heterocycles. The molecule has 10 heteroatoms. The van der Waals surface area contributed by atoms with Gasteiger partial charge in [0.25, 0.3) is 5.91 Å². The Kier molecular flexibility index (Phi) is 7.48. The summed E-state index contributed by atoms with van der Waals surface area (Å²) >= 11 is 1.39. The summed E-state index contributed by atoms with van der Waals surface area (Å²) in [4.78, 5) is 37.8. The van der Waals surface area contributed by atoms with Gasteiger partial charge in [0.1, 0.15) is 11.1 Å². The lowest BCUT2D eigenvalue weighted by molar-refractivity contribution is 0.0149. The zero-order valence-electron chi connectivity index (χ0n) is 23.9. The number of benzene rings is 2. The van der Waals surface area contributed by atoms with Crippen molar-refractivity contribution in [2.75, 3.05) is 29.9 Å². The number of hydrogen-bond donors (Lipinski definition) is 2. The molecule has 2 amide bonds. The molecule has 3 heterocycles. The van der Waals surface area contributed by atoms with Crippen molar-refractivity contribution < 1.29 is 18.7 Å². The highest BCUT2D eigenvalue weighted by atomic mass is 32.1. The SMILES string of the molecule is CCN(C(=O)OC(C)(C)C)C1CCN(c2ccc(C(=O)Nc3cc(F)c4nc(C)sc4c3)c3[nH]c(C)cc23)CC1. The molecule has 0 radical (unpaired) electrons. The third kappa shape index (κ3) is 5.63. The van der Waals surface area contributed by atoms with E-state index in [4.69, 9.17) is 4.74 Å². The monoisotopic (exact) mass is 565 g/mol. The number of H-pyrrole nitrogens is 1. The van der Waals surface area contributed by atoms with Crippen LogP contribution in [-0.2, 0) is 4.74 Å². The highest BCUT2D eigenvalue weighted by Gasteiger charge is 2.31. The molecule has 1 fully saturated rings. The second-order valence-corrected chi connectivity index (χ2v) is 12.6. The van der Waals surface area contributed by atoms with Crippen LogP contribution < -0.4 is 10.2 Å². The van der Waals surface area contributed by atoms with Gasteiger partial charge >= 0.3 is 6.09 Å². The number of halogens is 1. The first kappa shape index (κ1) is 27.9. The molecule has 0 unspecified atom stereocenters. The smallest absolute Gasteiger partial charge is 0.410 e. The van der Waals surface area contributed by atoms with E-state index in [0.29, 0.717) is 28.0 Å². The van der Waals surface area contributed by atoms with Crippen LogP contribution in [0.15, 0.2) is 30.3 Å². The molecule has 1 aliphatic rings. The highest BCUT2D eigenvalue weighted by Crippen LogP contribution is 2.34. The molecular formula is C30H36FN5O3S. The summed E-state index contributed by atoms with van der Waals surface area (Å²) < 4.78 is 20.9. The van der Waals surface area contributed by atoms with Crippen LogP contribution in [0.25, 0.3) is 21.1 Å². The Morgan fingerprint density at radius 3 is 2.60 bits per heavy atom. The van der Waals surface area contributed by atoms with Gasteiger partial charge in [-0.25, -0.2) is 14.2 Å². The number of ether oxygens (including phenoxy) is 1. The van der Waals surface area contributed by atoms with Crippen LogP contribution in [0, 0.1) is 19.7 Å². The van der Waals surface area contributed by atoms with E-state index in [1.165, 1.54) is 17.4 Å². The number of amides is 2. The fourth-order valence-corrected chi connectivity index (χ4v) is 6.33. The zero-order valence-corrected chi connectivity index (χ0v) is 24.7. The average Bonchev–Trinajstić information content (AvgIpc) is 3.45. The molecular weight excluding hydrogens is 529 g/mol. The molecule has 0 saturated carbocycles. The van der Waals surface area contributed by atoms with Gasteiger partial charge in [-0.05, 0) is 84.7 Å². The van der Waals surface area contributed by atoms with Crippen LogP contribution in [0.4, 0.5) is 20.6 Å². The van der Waals surface area contributed by atoms with Crippen molar-refractivity contribution >= 4 is 55.8 Å². The number of rotatable bonds is 5. The number of nitrogens with one attached hydrogen (secondary N) is 2. The average molecular weight is 566 g/mol. The van der Waals surface area contributed by atoms with Crippen LogP contribution >= 0.6 is 11.3 Å². The number of carbonyl (C=O) groups excluding carboxylic acids is 2. The molecule has 0 bridgehead atoms. The first-order valence-electron chi connectivity index (χ1n) is 13.7. The van der Waals surface area contributed by atoms with E-state index >= 15 is 0 Å². The van der Waals surface area contributed by atoms with Crippen molar-refractivity contribution in [3.63, 3.8) is 0 Å². The number of hydrogen-bond acceptors (Lipinski definition) is 6. The van der Waals surface area contributed by atoms with Crippen LogP contribution in [0.1, 0.15) is 61.6 Å². The highest BCUT2D eigenvalue weighted by molar-refractivity contribution is 7.18. The number of anilines is 2. The fourth-order valence-electron chi connectivity index (χ4n) is 5.45. The summed E-state index contributed by atoms with van der Waals surface area (Å²) in [5.74, 6) is -0.766. The summed E-state index contributed by atoms with van der Waals surface area (Å²) in [5.41, 5.74) is 3.41. The van der Waals surface area contributed by atoms with Gasteiger partial charge in [0.15, 0.2) is 5.82 Å². The maximum atomic E-state index is 14.6. The van der Waals surface area contributed by atoms with Crippen molar-refractivity contribution in [3.05, 3.63) is 52.4 Å². The van der Waals surface area contributed by atoms with Gasteiger partial charge in [-0.2, -0.15) is 0 Å². The summed E-state index contributed by atoms with van der Waals surface area (Å²) in [6, 6.07) is 9.04. The van der Waals surface area contributed by atoms with E-state index in [9.17, 15) is 14.0 Å². The van der Waals surface area contributed by atoms with Gasteiger partial charge in [0.2, 0.25) is 0 Å². The maximum Gasteiger partial charge on any atom is 0.410 e. The predicted molar refractivity (Wildman–Crippen MR) is 159 cm³/mol. The van der Waals surface area contributed by atoms with Gasteiger partial charge in [-0.15, -0.1) is 11.3 Å². The number of piperidine rings is 1. The number of nitrogens with zero attached hydrogens (tertiary/aromatic N) is 3. The van der Waals surface area contributed by atoms with Gasteiger partial charge in [0, 0.05) is 48.1 Å². The summed E-state index contributed by atoms with van der Waals surface area (Å²) in [5, 5.41) is 4.60. The first-order chi connectivity index (χ1) is 18.9. The molecule has 2 aromatic heterocycles. The third-order valence-electron chi connectivity index (χ3n) is 7.18. The fraction of sp³-hybridized carbons (Fsp3) is 0.433. The van der Waals surface area contributed by atoms with Crippen molar-refractivity contribution in [3.8, 4) is 0 Å². The second kappa shape index (κ2) is 10.7. The molecule has 0 aliphatic carbocycles. The second-order valence-electron chi connectivity index (χ2n) is 11.3. The van der Waals surface area contributed by atoms with Crippen LogP contribution in [-0.4, -0.2) is 58.1 Å². The Hall–Kier alpha value is -3.66. The minimum Gasteiger partial charge on any atom is -0.444 e. The number of aryl methyl sites for hydroxylation is 2. The molecule has 5 rings (SSSR count). The minimum absolute atomic E-state index is 0.115. The summed E-state index contributed by atoms with van der Waals surface area (Å²) in [6.45, 7) is 13.6.